The summed E-state index contributed by atoms with van der Waals surface area (Å²) in [4.78, 5) is 16.9. The molecule has 0 bridgehead atoms. The molecule has 1 unspecified atom stereocenters. The number of amides is 1. The van der Waals surface area contributed by atoms with Gasteiger partial charge in [0.2, 0.25) is 0 Å². The third-order valence-corrected chi connectivity index (χ3v) is 3.97. The number of carbonyl (C=O) groups is 1. The van der Waals surface area contributed by atoms with Gasteiger partial charge in [-0.15, -0.1) is 11.3 Å². The maximum absolute atomic E-state index is 12.0. The summed E-state index contributed by atoms with van der Waals surface area (Å²) in [6.45, 7) is 6.68. The van der Waals surface area contributed by atoms with E-state index in [1.807, 2.05) is 13.8 Å². The highest BCUT2D eigenvalue weighted by molar-refractivity contribution is 7.13. The number of hydrogen-bond donors (Lipinski definition) is 2. The lowest BCUT2D eigenvalue weighted by atomic mass is 10.0. The largest absolute Gasteiger partial charge is 0.396 e. The van der Waals surface area contributed by atoms with Crippen molar-refractivity contribution >= 4 is 17.2 Å². The van der Waals surface area contributed by atoms with E-state index < -0.39 is 0 Å². The second kappa shape index (κ2) is 7.48. The van der Waals surface area contributed by atoms with Gasteiger partial charge in [-0.05, 0) is 32.6 Å². The molecule has 5 heteroatoms. The van der Waals surface area contributed by atoms with Gasteiger partial charge >= 0.3 is 0 Å². The first-order valence-electron chi connectivity index (χ1n) is 6.41. The van der Waals surface area contributed by atoms with Gasteiger partial charge in [-0.25, -0.2) is 4.98 Å². The fourth-order valence-electron chi connectivity index (χ4n) is 2.00. The highest BCUT2D eigenvalue weighted by Gasteiger charge is 2.15. The second-order valence-electron chi connectivity index (χ2n) is 4.52. The number of thiazole rings is 1. The molecule has 1 heterocycles. The van der Waals surface area contributed by atoms with Crippen LogP contribution in [0.2, 0.25) is 0 Å². The molecule has 0 aliphatic heterocycles. The van der Waals surface area contributed by atoms with Gasteiger partial charge in [0.15, 0.2) is 0 Å². The number of nitrogens with zero attached hydrogens (tertiary/aromatic N) is 1. The van der Waals surface area contributed by atoms with E-state index in [4.69, 9.17) is 5.11 Å². The highest BCUT2D eigenvalue weighted by Crippen LogP contribution is 2.17. The Hall–Kier alpha value is -0.940. The molecule has 1 atom stereocenters. The van der Waals surface area contributed by atoms with E-state index in [1.165, 1.54) is 11.3 Å². The van der Waals surface area contributed by atoms with E-state index >= 15 is 0 Å². The molecule has 0 saturated carbocycles. The summed E-state index contributed by atoms with van der Waals surface area (Å²) in [6, 6.07) is 0. The van der Waals surface area contributed by atoms with Crippen molar-refractivity contribution in [3.8, 4) is 0 Å². The maximum Gasteiger partial charge on any atom is 0.263 e. The lowest BCUT2D eigenvalue weighted by Crippen LogP contribution is -2.29. The van der Waals surface area contributed by atoms with Crippen LogP contribution < -0.4 is 5.32 Å². The first-order valence-corrected chi connectivity index (χ1v) is 7.23. The average Bonchev–Trinajstić information content (AvgIpc) is 2.65. The number of hydrogen-bond acceptors (Lipinski definition) is 4. The van der Waals surface area contributed by atoms with E-state index in [-0.39, 0.29) is 12.5 Å². The SMILES string of the molecule is CCCC(CCO)CNC(=O)c1sc(C)nc1C. The molecule has 0 aliphatic rings. The molecule has 0 fully saturated rings. The number of nitrogens with one attached hydrogen (secondary N) is 1. The summed E-state index contributed by atoms with van der Waals surface area (Å²) in [5, 5.41) is 12.8. The van der Waals surface area contributed by atoms with Gasteiger partial charge in [-0.1, -0.05) is 13.3 Å². The summed E-state index contributed by atoms with van der Waals surface area (Å²) in [7, 11) is 0. The number of carbonyl (C=O) groups excluding carboxylic acids is 1. The molecule has 1 aromatic rings. The van der Waals surface area contributed by atoms with Crippen molar-refractivity contribution in [2.24, 2.45) is 5.92 Å². The first-order chi connectivity index (χ1) is 8.58. The molecule has 1 amide bonds. The number of rotatable bonds is 7. The van der Waals surface area contributed by atoms with Crippen molar-refractivity contribution in [2.45, 2.75) is 40.0 Å². The summed E-state index contributed by atoms with van der Waals surface area (Å²) < 4.78 is 0. The van der Waals surface area contributed by atoms with E-state index in [1.54, 1.807) is 0 Å². The normalized spacial score (nSPS) is 12.4. The van der Waals surface area contributed by atoms with Crippen LogP contribution >= 0.6 is 11.3 Å². The van der Waals surface area contributed by atoms with Gasteiger partial charge in [0.05, 0.1) is 10.7 Å². The number of aliphatic hydroxyl groups excluding tert-OH is 1. The zero-order chi connectivity index (χ0) is 13.5. The summed E-state index contributed by atoms with van der Waals surface area (Å²) in [5.41, 5.74) is 0.796. The summed E-state index contributed by atoms with van der Waals surface area (Å²) >= 11 is 1.43. The minimum absolute atomic E-state index is 0.0443. The van der Waals surface area contributed by atoms with Crippen LogP contribution in [0.5, 0.6) is 0 Å². The lowest BCUT2D eigenvalue weighted by Gasteiger charge is -2.15. The highest BCUT2D eigenvalue weighted by atomic mass is 32.1. The third-order valence-electron chi connectivity index (χ3n) is 2.90. The Labute approximate surface area is 112 Å². The lowest BCUT2D eigenvalue weighted by molar-refractivity contribution is 0.0946. The number of aliphatic hydroxyl groups is 1. The van der Waals surface area contributed by atoms with Gasteiger partial charge in [-0.3, -0.25) is 4.79 Å². The van der Waals surface area contributed by atoms with Crippen LogP contribution in [0.15, 0.2) is 0 Å². The minimum atomic E-state index is -0.0443. The zero-order valence-electron chi connectivity index (χ0n) is 11.3. The Kier molecular flexibility index (Phi) is 6.29. The predicted octanol–water partition coefficient (Wildman–Crippen LogP) is 2.29. The number of aromatic nitrogens is 1. The molecule has 0 saturated heterocycles. The Morgan fingerprint density at radius 2 is 2.17 bits per heavy atom. The van der Waals surface area contributed by atoms with E-state index in [9.17, 15) is 4.79 Å². The molecule has 0 aliphatic carbocycles. The Morgan fingerprint density at radius 3 is 2.67 bits per heavy atom. The van der Waals surface area contributed by atoms with Crippen molar-refractivity contribution in [2.75, 3.05) is 13.2 Å². The van der Waals surface area contributed by atoms with Crippen LogP contribution in [0.4, 0.5) is 0 Å². The molecular formula is C13H22N2O2S. The fraction of sp³-hybridized carbons (Fsp3) is 0.692. The summed E-state index contributed by atoms with van der Waals surface area (Å²) in [5.74, 6) is 0.315. The quantitative estimate of drug-likeness (QED) is 0.799. The minimum Gasteiger partial charge on any atom is -0.396 e. The number of aryl methyl sites for hydroxylation is 2. The molecule has 4 nitrogen and oxygen atoms in total. The molecule has 0 radical (unpaired) electrons. The Balaban J connectivity index is 2.51. The van der Waals surface area contributed by atoms with Crippen molar-refractivity contribution in [3.63, 3.8) is 0 Å². The van der Waals surface area contributed by atoms with Gasteiger partial charge < -0.3 is 10.4 Å². The molecular weight excluding hydrogens is 248 g/mol. The van der Waals surface area contributed by atoms with Crippen LogP contribution in [0.25, 0.3) is 0 Å². The van der Waals surface area contributed by atoms with Crippen LogP contribution in [-0.2, 0) is 0 Å². The molecule has 18 heavy (non-hydrogen) atoms. The van der Waals surface area contributed by atoms with Crippen LogP contribution in [0, 0.1) is 19.8 Å². The standard InChI is InChI=1S/C13H22N2O2S/c1-4-5-11(6-7-16)8-14-13(17)12-9(2)15-10(3)18-12/h11,16H,4-8H2,1-3H3,(H,14,17). The molecule has 2 N–H and O–H groups in total. The Bertz CT molecular complexity index is 384. The van der Waals surface area contributed by atoms with Crippen molar-refractivity contribution in [3.05, 3.63) is 15.6 Å². The third kappa shape index (κ3) is 4.38. The van der Waals surface area contributed by atoms with Gasteiger partial charge in [0.1, 0.15) is 4.88 Å². The predicted molar refractivity (Wildman–Crippen MR) is 74.0 cm³/mol. The van der Waals surface area contributed by atoms with E-state index in [2.05, 4.69) is 17.2 Å². The van der Waals surface area contributed by atoms with Gasteiger partial charge in [0, 0.05) is 13.2 Å². The molecule has 102 valence electrons. The van der Waals surface area contributed by atoms with Crippen LogP contribution in [0.1, 0.15) is 46.6 Å². The van der Waals surface area contributed by atoms with E-state index in [0.29, 0.717) is 17.3 Å². The van der Waals surface area contributed by atoms with E-state index in [0.717, 1.165) is 30.0 Å². The monoisotopic (exact) mass is 270 g/mol. The molecule has 0 aromatic carbocycles. The second-order valence-corrected chi connectivity index (χ2v) is 5.73. The fourth-order valence-corrected chi connectivity index (χ4v) is 2.83. The van der Waals surface area contributed by atoms with Gasteiger partial charge in [0.25, 0.3) is 5.91 Å². The first kappa shape index (κ1) is 15.1. The van der Waals surface area contributed by atoms with Crippen molar-refractivity contribution in [1.82, 2.24) is 10.3 Å². The smallest absolute Gasteiger partial charge is 0.263 e. The summed E-state index contributed by atoms with van der Waals surface area (Å²) in [6.07, 6.45) is 2.84. The maximum atomic E-state index is 12.0. The van der Waals surface area contributed by atoms with Gasteiger partial charge in [-0.2, -0.15) is 0 Å². The zero-order valence-corrected chi connectivity index (χ0v) is 12.1. The van der Waals surface area contributed by atoms with Crippen molar-refractivity contribution in [1.29, 1.82) is 0 Å². The average molecular weight is 270 g/mol. The topological polar surface area (TPSA) is 62.2 Å². The van der Waals surface area contributed by atoms with Crippen LogP contribution in [0.3, 0.4) is 0 Å². The molecule has 1 rings (SSSR count). The van der Waals surface area contributed by atoms with Crippen LogP contribution in [-0.4, -0.2) is 29.1 Å². The molecule has 0 spiro atoms. The molecule has 1 aromatic heterocycles. The van der Waals surface area contributed by atoms with Crippen molar-refractivity contribution < 1.29 is 9.90 Å². The Morgan fingerprint density at radius 1 is 1.44 bits per heavy atom.